The monoisotopic (exact) mass is 453 g/mol. The Morgan fingerprint density at radius 1 is 1.18 bits per heavy atom. The fraction of sp³-hybridized carbons (Fsp3) is 0.500. The molecule has 2 unspecified atom stereocenters. The van der Waals surface area contributed by atoms with Crippen molar-refractivity contribution in [2.75, 3.05) is 13.1 Å². The maximum atomic E-state index is 12.2. The van der Waals surface area contributed by atoms with Crippen LogP contribution in [0.1, 0.15) is 55.9 Å². The van der Waals surface area contributed by atoms with Crippen LogP contribution >= 0.6 is 0 Å². The highest BCUT2D eigenvalue weighted by atomic mass is 16.2. The van der Waals surface area contributed by atoms with E-state index in [1.807, 2.05) is 6.07 Å². The van der Waals surface area contributed by atoms with Crippen LogP contribution < -0.4 is 16.0 Å². The molecule has 4 rings (SSSR count). The zero-order chi connectivity index (χ0) is 23.6. The molecule has 2 atom stereocenters. The minimum Gasteiger partial charge on any atom is -0.356 e. The van der Waals surface area contributed by atoms with Crippen molar-refractivity contribution in [3.8, 4) is 0 Å². The molecule has 0 bridgehead atoms. The van der Waals surface area contributed by atoms with Crippen molar-refractivity contribution in [2.45, 2.75) is 51.5 Å². The predicted octanol–water partition coefficient (Wildman–Crippen LogP) is 1.77. The minimum absolute atomic E-state index is 0.0936. The first-order valence-corrected chi connectivity index (χ1v) is 11.5. The second-order valence-electron chi connectivity index (χ2n) is 8.64. The van der Waals surface area contributed by atoms with Crippen molar-refractivity contribution >= 4 is 35.0 Å². The highest BCUT2D eigenvalue weighted by molar-refractivity contribution is 5.96. The average Bonchev–Trinajstić information content (AvgIpc) is 3.47. The first-order valence-electron chi connectivity index (χ1n) is 11.5. The molecule has 2 aliphatic rings. The molecule has 0 radical (unpaired) electrons. The van der Waals surface area contributed by atoms with Crippen LogP contribution in [0.2, 0.25) is 0 Å². The maximum Gasteiger partial charge on any atom is 0.271 e. The van der Waals surface area contributed by atoms with E-state index in [-0.39, 0.29) is 30.5 Å². The van der Waals surface area contributed by atoms with Crippen molar-refractivity contribution in [2.24, 2.45) is 11.8 Å². The van der Waals surface area contributed by atoms with Gasteiger partial charge in [-0.15, -0.1) is 0 Å². The van der Waals surface area contributed by atoms with Gasteiger partial charge in [-0.3, -0.25) is 19.4 Å². The van der Waals surface area contributed by atoms with Crippen molar-refractivity contribution in [1.29, 1.82) is 0 Å². The van der Waals surface area contributed by atoms with Gasteiger partial charge in [-0.25, -0.2) is 4.98 Å². The van der Waals surface area contributed by atoms with Gasteiger partial charge < -0.3 is 20.7 Å². The number of amides is 3. The van der Waals surface area contributed by atoms with E-state index >= 15 is 0 Å². The molecule has 1 saturated carbocycles. The first-order chi connectivity index (χ1) is 16.0. The van der Waals surface area contributed by atoms with Crippen molar-refractivity contribution in [3.63, 3.8) is 0 Å². The summed E-state index contributed by atoms with van der Waals surface area (Å²) in [5.74, 6) is -0.416. The van der Waals surface area contributed by atoms with E-state index in [1.165, 1.54) is 31.9 Å². The quantitative estimate of drug-likeness (QED) is 0.548. The highest BCUT2D eigenvalue weighted by Gasteiger charge is 2.27. The number of rotatable bonds is 7. The van der Waals surface area contributed by atoms with Gasteiger partial charge in [-0.05, 0) is 30.9 Å². The number of benzene rings is 1. The predicted molar refractivity (Wildman–Crippen MR) is 123 cm³/mol. The number of carbonyl (C=O) groups excluding carboxylic acids is 4. The fourth-order valence-corrected chi connectivity index (χ4v) is 4.03. The van der Waals surface area contributed by atoms with E-state index in [0.29, 0.717) is 30.3 Å². The van der Waals surface area contributed by atoms with Crippen LogP contribution in [0.4, 0.5) is 0 Å². The van der Waals surface area contributed by atoms with Gasteiger partial charge in [0.2, 0.25) is 11.8 Å². The maximum absolute atomic E-state index is 12.2. The van der Waals surface area contributed by atoms with Gasteiger partial charge in [0.05, 0.1) is 29.8 Å². The van der Waals surface area contributed by atoms with Crippen LogP contribution in [0.25, 0.3) is 11.0 Å². The summed E-state index contributed by atoms with van der Waals surface area (Å²) in [6.45, 7) is 2.60. The Bertz CT molecular complexity index is 990. The summed E-state index contributed by atoms with van der Waals surface area (Å²) in [6.07, 6.45) is 8.76. The van der Waals surface area contributed by atoms with Crippen molar-refractivity contribution in [1.82, 2.24) is 25.9 Å². The molecular weight excluding hydrogens is 422 g/mol. The summed E-state index contributed by atoms with van der Waals surface area (Å²) in [5.41, 5.74) is 1.33. The summed E-state index contributed by atoms with van der Waals surface area (Å²) in [7, 11) is 0. The van der Waals surface area contributed by atoms with E-state index in [9.17, 15) is 19.2 Å². The number of nitrogens with one attached hydrogen (secondary N) is 3. The molecular formula is C24H31N5O4. The second-order valence-corrected chi connectivity index (χ2v) is 8.64. The lowest BCUT2D eigenvalue weighted by atomic mass is 9.99. The summed E-state index contributed by atoms with van der Waals surface area (Å²) in [4.78, 5) is 55.2. The molecule has 1 aromatic heterocycles. The Kier molecular flexibility index (Phi) is 8.86. The van der Waals surface area contributed by atoms with Crippen LogP contribution in [-0.2, 0) is 14.4 Å². The first kappa shape index (κ1) is 24.3. The van der Waals surface area contributed by atoms with Crippen LogP contribution in [0.5, 0.6) is 0 Å². The SMILES string of the molecule is CC1CCCC1.O=CC(CC1CCNC1=O)NC(=O)CNC(=O)c1cnc2ccccc2n1. The van der Waals surface area contributed by atoms with E-state index in [2.05, 4.69) is 32.8 Å². The van der Waals surface area contributed by atoms with Crippen LogP contribution in [0.15, 0.2) is 30.5 Å². The second kappa shape index (κ2) is 12.0. The van der Waals surface area contributed by atoms with Gasteiger partial charge in [0.25, 0.3) is 5.91 Å². The van der Waals surface area contributed by atoms with E-state index < -0.39 is 17.9 Å². The number of aromatic nitrogens is 2. The van der Waals surface area contributed by atoms with Crippen molar-refractivity contribution in [3.05, 3.63) is 36.2 Å². The Hall–Kier alpha value is -3.36. The Morgan fingerprint density at radius 3 is 2.52 bits per heavy atom. The molecule has 1 aliphatic carbocycles. The smallest absolute Gasteiger partial charge is 0.271 e. The molecule has 0 spiro atoms. The highest BCUT2D eigenvalue weighted by Crippen LogP contribution is 2.23. The largest absolute Gasteiger partial charge is 0.356 e. The lowest BCUT2D eigenvalue weighted by molar-refractivity contribution is -0.125. The third-order valence-corrected chi connectivity index (χ3v) is 5.95. The number of carbonyl (C=O) groups is 4. The molecule has 3 amide bonds. The Labute approximate surface area is 193 Å². The molecule has 1 aromatic carbocycles. The van der Waals surface area contributed by atoms with Gasteiger partial charge in [0, 0.05) is 12.5 Å². The van der Waals surface area contributed by atoms with E-state index in [1.54, 1.807) is 18.2 Å². The Morgan fingerprint density at radius 2 is 1.91 bits per heavy atom. The molecule has 1 aliphatic heterocycles. The summed E-state index contributed by atoms with van der Waals surface area (Å²) >= 11 is 0. The van der Waals surface area contributed by atoms with Crippen molar-refractivity contribution < 1.29 is 19.2 Å². The van der Waals surface area contributed by atoms with Gasteiger partial charge in [-0.1, -0.05) is 44.7 Å². The van der Waals surface area contributed by atoms with Crippen LogP contribution in [0, 0.1) is 11.8 Å². The van der Waals surface area contributed by atoms with Crippen LogP contribution in [0.3, 0.4) is 0 Å². The number of fused-ring (bicyclic) bond motifs is 1. The molecule has 2 heterocycles. The van der Waals surface area contributed by atoms with E-state index in [0.717, 1.165) is 5.92 Å². The zero-order valence-corrected chi connectivity index (χ0v) is 18.9. The number of hydrogen-bond acceptors (Lipinski definition) is 6. The minimum atomic E-state index is -0.774. The number of nitrogens with zero attached hydrogens (tertiary/aromatic N) is 2. The molecule has 176 valence electrons. The molecule has 2 fully saturated rings. The molecule has 9 nitrogen and oxygen atoms in total. The van der Waals surface area contributed by atoms with Gasteiger partial charge >= 0.3 is 0 Å². The Balaban J connectivity index is 0.000000442. The summed E-state index contributed by atoms with van der Waals surface area (Å²) in [6, 6.07) is 6.35. The molecule has 9 heteroatoms. The third kappa shape index (κ3) is 7.34. The normalized spacial score (nSPS) is 18.7. The fourth-order valence-electron chi connectivity index (χ4n) is 4.03. The number of hydrogen-bond donors (Lipinski definition) is 3. The lowest BCUT2D eigenvalue weighted by Gasteiger charge is -2.15. The molecule has 3 N–H and O–H groups in total. The van der Waals surface area contributed by atoms with Gasteiger partial charge in [0.1, 0.15) is 12.0 Å². The average molecular weight is 454 g/mol. The lowest BCUT2D eigenvalue weighted by Crippen LogP contribution is -2.44. The number of aldehydes is 1. The summed E-state index contributed by atoms with van der Waals surface area (Å²) < 4.78 is 0. The van der Waals surface area contributed by atoms with Crippen LogP contribution in [-0.4, -0.2) is 53.1 Å². The number of para-hydroxylation sites is 2. The van der Waals surface area contributed by atoms with Gasteiger partial charge in [-0.2, -0.15) is 0 Å². The van der Waals surface area contributed by atoms with E-state index in [4.69, 9.17) is 0 Å². The topological polar surface area (TPSA) is 130 Å². The van der Waals surface area contributed by atoms with Gasteiger partial charge in [0.15, 0.2) is 0 Å². The third-order valence-electron chi connectivity index (χ3n) is 5.95. The molecule has 33 heavy (non-hydrogen) atoms. The standard InChI is InChI=1S/C18H19N5O4.C6H12/c24-10-12(7-11-5-6-19-17(11)26)22-16(25)9-21-18(27)15-8-20-13-3-1-2-4-14(13)23-15;1-6-4-2-3-5-6/h1-4,8,10-12H,5-7,9H2,(H,19,26)(H,21,27)(H,22,25);6H,2-5H2,1H3. The zero-order valence-electron chi connectivity index (χ0n) is 18.9. The summed E-state index contributed by atoms with van der Waals surface area (Å²) in [5, 5.41) is 7.65. The molecule has 1 saturated heterocycles. The molecule has 2 aromatic rings.